The number of ether oxygens (including phenoxy) is 1. The monoisotopic (exact) mass is 413 g/mol. The van der Waals surface area contributed by atoms with Crippen LogP contribution in [-0.4, -0.2) is 47.6 Å². The lowest BCUT2D eigenvalue weighted by Gasteiger charge is -2.14. The zero-order valence-electron chi connectivity index (χ0n) is 16.6. The molecule has 0 radical (unpaired) electrons. The van der Waals surface area contributed by atoms with Gasteiger partial charge in [-0.25, -0.2) is 0 Å². The minimum atomic E-state index is -0.667. The number of likely N-dealkylation sites (tertiary alicyclic amines) is 1. The summed E-state index contributed by atoms with van der Waals surface area (Å²) in [5, 5.41) is 5.18. The second kappa shape index (κ2) is 9.34. The summed E-state index contributed by atoms with van der Waals surface area (Å²) in [5.41, 5.74) is 1.07. The number of esters is 1. The van der Waals surface area contributed by atoms with Crippen molar-refractivity contribution in [2.24, 2.45) is 11.8 Å². The lowest BCUT2D eigenvalue weighted by Crippen LogP contribution is -2.33. The van der Waals surface area contributed by atoms with Gasteiger partial charge in [0.05, 0.1) is 18.3 Å². The second-order valence-corrected chi connectivity index (χ2v) is 7.20. The Balaban J connectivity index is 1.40. The molecule has 0 aromatic heterocycles. The normalized spacial score (nSPS) is 20.0. The first kappa shape index (κ1) is 21.2. The average molecular weight is 413 g/mol. The molecule has 2 atom stereocenters. The molecular weight excluding hydrogens is 390 g/mol. The van der Waals surface area contributed by atoms with Gasteiger partial charge >= 0.3 is 5.97 Å². The van der Waals surface area contributed by atoms with E-state index in [4.69, 9.17) is 4.74 Å². The molecule has 4 amide bonds. The van der Waals surface area contributed by atoms with Crippen molar-refractivity contribution in [2.75, 3.05) is 23.8 Å². The Bertz CT molecular complexity index is 867. The molecule has 158 valence electrons. The van der Waals surface area contributed by atoms with Gasteiger partial charge in [-0.1, -0.05) is 12.2 Å². The van der Waals surface area contributed by atoms with Crippen LogP contribution in [0.4, 0.5) is 11.4 Å². The predicted octanol–water partition coefficient (Wildman–Crippen LogP) is 1.47. The van der Waals surface area contributed by atoms with Gasteiger partial charge in [-0.05, 0) is 37.1 Å². The standard InChI is InChI=1S/C21H23N3O6/c1-13(25)22-14-6-8-15(9-7-14)23-18(26)12-30-19(27)10-11-24-20(28)16-4-2-3-5-17(16)21(24)29/h2-3,6-9,16-17H,4-5,10-12H2,1H3,(H,22,25)(H,23,26)/t16-,17-/m0/s1. The highest BCUT2D eigenvalue weighted by Gasteiger charge is 2.46. The second-order valence-electron chi connectivity index (χ2n) is 7.20. The maximum absolute atomic E-state index is 12.3. The number of amides is 4. The van der Waals surface area contributed by atoms with Crippen molar-refractivity contribution >= 4 is 41.0 Å². The number of nitrogens with one attached hydrogen (secondary N) is 2. The van der Waals surface area contributed by atoms with Crippen LogP contribution in [-0.2, 0) is 28.7 Å². The number of fused-ring (bicyclic) bond motifs is 1. The highest BCUT2D eigenvalue weighted by atomic mass is 16.5. The molecule has 30 heavy (non-hydrogen) atoms. The third kappa shape index (κ3) is 5.11. The Morgan fingerprint density at radius 1 is 0.967 bits per heavy atom. The number of anilines is 2. The molecule has 1 aliphatic heterocycles. The summed E-state index contributed by atoms with van der Waals surface area (Å²) in [6, 6.07) is 6.45. The third-order valence-electron chi connectivity index (χ3n) is 4.99. The number of hydrogen-bond donors (Lipinski definition) is 2. The molecule has 1 saturated heterocycles. The van der Waals surface area contributed by atoms with Gasteiger partial charge in [0.2, 0.25) is 17.7 Å². The van der Waals surface area contributed by atoms with Crippen molar-refractivity contribution < 1.29 is 28.7 Å². The Morgan fingerprint density at radius 3 is 2.03 bits per heavy atom. The van der Waals surface area contributed by atoms with Crippen molar-refractivity contribution in [3.8, 4) is 0 Å². The number of allylic oxidation sites excluding steroid dienone is 2. The van der Waals surface area contributed by atoms with Crippen LogP contribution in [0.2, 0.25) is 0 Å². The molecule has 2 aliphatic rings. The van der Waals surface area contributed by atoms with Crippen molar-refractivity contribution in [1.29, 1.82) is 0 Å². The number of nitrogens with zero attached hydrogens (tertiary/aromatic N) is 1. The number of hydrogen-bond acceptors (Lipinski definition) is 6. The number of carbonyl (C=O) groups excluding carboxylic acids is 5. The van der Waals surface area contributed by atoms with Crippen LogP contribution in [0.1, 0.15) is 26.2 Å². The molecule has 1 aliphatic carbocycles. The minimum absolute atomic E-state index is 0.0459. The molecule has 3 rings (SSSR count). The van der Waals surface area contributed by atoms with Gasteiger partial charge in [-0.2, -0.15) is 0 Å². The van der Waals surface area contributed by atoms with E-state index >= 15 is 0 Å². The first-order valence-electron chi connectivity index (χ1n) is 9.68. The fraction of sp³-hybridized carbons (Fsp3) is 0.381. The maximum Gasteiger partial charge on any atom is 0.308 e. The zero-order valence-corrected chi connectivity index (χ0v) is 16.6. The number of rotatable bonds is 7. The molecule has 0 spiro atoms. The fourth-order valence-corrected chi connectivity index (χ4v) is 3.55. The van der Waals surface area contributed by atoms with Crippen molar-refractivity contribution in [3.63, 3.8) is 0 Å². The van der Waals surface area contributed by atoms with E-state index in [1.807, 2.05) is 12.2 Å². The summed E-state index contributed by atoms with van der Waals surface area (Å²) < 4.78 is 4.93. The average Bonchev–Trinajstić information content (AvgIpc) is 2.96. The van der Waals surface area contributed by atoms with Crippen LogP contribution in [0.15, 0.2) is 36.4 Å². The van der Waals surface area contributed by atoms with E-state index in [9.17, 15) is 24.0 Å². The van der Waals surface area contributed by atoms with Crippen molar-refractivity contribution in [1.82, 2.24) is 4.90 Å². The first-order chi connectivity index (χ1) is 14.3. The van der Waals surface area contributed by atoms with E-state index in [-0.39, 0.29) is 42.5 Å². The first-order valence-corrected chi connectivity index (χ1v) is 9.68. The lowest BCUT2D eigenvalue weighted by molar-refractivity contribution is -0.148. The molecule has 0 bridgehead atoms. The molecule has 1 aromatic rings. The summed E-state index contributed by atoms with van der Waals surface area (Å²) >= 11 is 0. The Kier molecular flexibility index (Phi) is 6.61. The summed E-state index contributed by atoms with van der Waals surface area (Å²) in [6.07, 6.45) is 4.72. The summed E-state index contributed by atoms with van der Waals surface area (Å²) in [5.74, 6) is -2.56. The topological polar surface area (TPSA) is 122 Å². The molecule has 9 nitrogen and oxygen atoms in total. The van der Waals surface area contributed by atoms with Crippen LogP contribution >= 0.6 is 0 Å². The molecule has 0 saturated carbocycles. The van der Waals surface area contributed by atoms with Gasteiger partial charge in [0.15, 0.2) is 6.61 Å². The number of benzene rings is 1. The minimum Gasteiger partial charge on any atom is -0.456 e. The number of carbonyl (C=O) groups is 5. The fourth-order valence-electron chi connectivity index (χ4n) is 3.55. The molecule has 1 aromatic carbocycles. The van der Waals surface area contributed by atoms with Crippen LogP contribution in [0.25, 0.3) is 0 Å². The van der Waals surface area contributed by atoms with E-state index in [1.165, 1.54) is 6.92 Å². The van der Waals surface area contributed by atoms with Gasteiger partial charge in [0.25, 0.3) is 5.91 Å². The van der Waals surface area contributed by atoms with E-state index in [1.54, 1.807) is 24.3 Å². The van der Waals surface area contributed by atoms with E-state index < -0.39 is 18.5 Å². The molecule has 1 heterocycles. The van der Waals surface area contributed by atoms with Crippen molar-refractivity contribution in [2.45, 2.75) is 26.2 Å². The third-order valence-corrected chi connectivity index (χ3v) is 4.99. The highest BCUT2D eigenvalue weighted by Crippen LogP contribution is 2.35. The summed E-state index contributed by atoms with van der Waals surface area (Å²) in [7, 11) is 0. The molecule has 9 heteroatoms. The van der Waals surface area contributed by atoms with E-state index in [0.717, 1.165) is 4.90 Å². The quantitative estimate of drug-likeness (QED) is 0.397. The van der Waals surface area contributed by atoms with Gasteiger partial charge in [-0.15, -0.1) is 0 Å². The zero-order chi connectivity index (χ0) is 21.7. The molecular formula is C21H23N3O6. The van der Waals surface area contributed by atoms with E-state index in [2.05, 4.69) is 10.6 Å². The number of imide groups is 1. The SMILES string of the molecule is CC(=O)Nc1ccc(NC(=O)COC(=O)CCN2C(=O)[C@H]3CC=CC[C@@H]3C2=O)cc1. The predicted molar refractivity (Wildman–Crippen MR) is 107 cm³/mol. The Labute approximate surface area is 173 Å². The van der Waals surface area contributed by atoms with Crippen LogP contribution in [0.3, 0.4) is 0 Å². The molecule has 2 N–H and O–H groups in total. The van der Waals surface area contributed by atoms with Crippen LogP contribution in [0.5, 0.6) is 0 Å². The summed E-state index contributed by atoms with van der Waals surface area (Å²) in [6.45, 7) is 0.864. The Hall–Kier alpha value is -3.49. The maximum atomic E-state index is 12.3. The molecule has 1 fully saturated rings. The van der Waals surface area contributed by atoms with Gasteiger partial charge in [-0.3, -0.25) is 28.9 Å². The highest BCUT2D eigenvalue weighted by molar-refractivity contribution is 6.05. The van der Waals surface area contributed by atoms with Crippen molar-refractivity contribution in [3.05, 3.63) is 36.4 Å². The Morgan fingerprint density at radius 2 is 1.50 bits per heavy atom. The van der Waals surface area contributed by atoms with Crippen LogP contribution < -0.4 is 10.6 Å². The lowest BCUT2D eigenvalue weighted by atomic mass is 9.85. The molecule has 0 unspecified atom stereocenters. The smallest absolute Gasteiger partial charge is 0.308 e. The van der Waals surface area contributed by atoms with Gasteiger partial charge in [0, 0.05) is 24.8 Å². The van der Waals surface area contributed by atoms with Crippen LogP contribution in [0, 0.1) is 11.8 Å². The largest absolute Gasteiger partial charge is 0.456 e. The summed E-state index contributed by atoms with van der Waals surface area (Å²) in [4.78, 5) is 60.7. The van der Waals surface area contributed by atoms with E-state index in [0.29, 0.717) is 24.2 Å². The van der Waals surface area contributed by atoms with Gasteiger partial charge < -0.3 is 15.4 Å². The van der Waals surface area contributed by atoms with Gasteiger partial charge in [0.1, 0.15) is 0 Å².